The van der Waals surface area contributed by atoms with Gasteiger partial charge in [-0.2, -0.15) is 0 Å². The van der Waals surface area contributed by atoms with Crippen LogP contribution in [-0.4, -0.2) is 35.4 Å². The van der Waals surface area contributed by atoms with Crippen LogP contribution in [-0.2, 0) is 4.74 Å². The lowest BCUT2D eigenvalue weighted by atomic mass is 10.0. The molecule has 1 amide bonds. The Bertz CT molecular complexity index is 428. The van der Waals surface area contributed by atoms with Gasteiger partial charge in [-0.15, -0.1) is 0 Å². The second-order valence-electron chi connectivity index (χ2n) is 5.76. The van der Waals surface area contributed by atoms with Gasteiger partial charge in [-0.05, 0) is 46.6 Å². The van der Waals surface area contributed by atoms with Gasteiger partial charge in [0, 0.05) is 12.2 Å². The normalized spacial score (nSPS) is 20.8. The molecule has 0 atom stereocenters. The predicted octanol–water partition coefficient (Wildman–Crippen LogP) is 3.55. The van der Waals surface area contributed by atoms with Crippen molar-refractivity contribution in [2.24, 2.45) is 4.99 Å². The summed E-state index contributed by atoms with van der Waals surface area (Å²) in [6, 6.07) is 0. The van der Waals surface area contributed by atoms with Crippen LogP contribution >= 0.6 is 0 Å². The number of nitrogens with zero attached hydrogens (tertiary/aromatic N) is 2. The van der Waals surface area contributed by atoms with Gasteiger partial charge >= 0.3 is 6.09 Å². The molecule has 19 heavy (non-hydrogen) atoms. The number of allylic oxidation sites excluding steroid dienone is 2. The van der Waals surface area contributed by atoms with Crippen molar-refractivity contribution >= 4 is 11.8 Å². The molecule has 0 unspecified atom stereocenters. The lowest BCUT2D eigenvalue weighted by Crippen LogP contribution is -2.44. The van der Waals surface area contributed by atoms with Crippen LogP contribution in [0.2, 0.25) is 0 Å². The van der Waals surface area contributed by atoms with E-state index in [4.69, 9.17) is 4.74 Å². The van der Waals surface area contributed by atoms with Crippen molar-refractivity contribution in [3.05, 3.63) is 23.9 Å². The fourth-order valence-electron chi connectivity index (χ4n) is 1.89. The number of likely N-dealkylation sites (tertiary alicyclic amines) is 1. The summed E-state index contributed by atoms with van der Waals surface area (Å²) in [7, 11) is 0. The smallest absolute Gasteiger partial charge is 0.410 e. The standard InChI is InChI=1S/C15H24N2O2/c1-7-12-8-9-17(10-13(12)16-11(2)3)14(18)19-15(4,5)6/h7H,2,8-10H2,1,3-6H3/b12-7-,16-13?. The molecule has 106 valence electrons. The van der Waals surface area contributed by atoms with E-state index < -0.39 is 5.60 Å². The maximum Gasteiger partial charge on any atom is 0.410 e. The Balaban J connectivity index is 2.81. The highest BCUT2D eigenvalue weighted by Crippen LogP contribution is 2.18. The molecule has 0 aromatic rings. The average Bonchev–Trinajstić information content (AvgIpc) is 2.25. The van der Waals surface area contributed by atoms with E-state index in [1.54, 1.807) is 4.90 Å². The van der Waals surface area contributed by atoms with E-state index in [9.17, 15) is 4.79 Å². The van der Waals surface area contributed by atoms with E-state index >= 15 is 0 Å². The van der Waals surface area contributed by atoms with Crippen LogP contribution in [0.15, 0.2) is 28.9 Å². The van der Waals surface area contributed by atoms with E-state index in [1.165, 1.54) is 5.57 Å². The third kappa shape index (κ3) is 4.89. The monoisotopic (exact) mass is 264 g/mol. The van der Waals surface area contributed by atoms with E-state index in [0.29, 0.717) is 13.1 Å². The molecular formula is C15H24N2O2. The number of piperidine rings is 1. The fourth-order valence-corrected chi connectivity index (χ4v) is 1.89. The van der Waals surface area contributed by atoms with Gasteiger partial charge in [-0.1, -0.05) is 12.7 Å². The van der Waals surface area contributed by atoms with Crippen molar-refractivity contribution in [2.75, 3.05) is 13.1 Å². The minimum Gasteiger partial charge on any atom is -0.444 e. The van der Waals surface area contributed by atoms with E-state index in [2.05, 4.69) is 11.6 Å². The van der Waals surface area contributed by atoms with Gasteiger partial charge in [-0.25, -0.2) is 4.79 Å². The molecule has 0 aromatic carbocycles. The predicted molar refractivity (Wildman–Crippen MR) is 78.4 cm³/mol. The molecule has 4 nitrogen and oxygen atoms in total. The molecule has 0 aliphatic carbocycles. The first-order valence-corrected chi connectivity index (χ1v) is 6.59. The highest BCUT2D eigenvalue weighted by atomic mass is 16.6. The zero-order valence-corrected chi connectivity index (χ0v) is 12.6. The Morgan fingerprint density at radius 1 is 1.47 bits per heavy atom. The van der Waals surface area contributed by atoms with Gasteiger partial charge in [-0.3, -0.25) is 4.99 Å². The zero-order valence-electron chi connectivity index (χ0n) is 12.6. The topological polar surface area (TPSA) is 41.9 Å². The molecular weight excluding hydrogens is 240 g/mol. The molecule has 0 radical (unpaired) electrons. The van der Waals surface area contributed by atoms with Crippen molar-refractivity contribution in [1.82, 2.24) is 4.90 Å². The first-order valence-electron chi connectivity index (χ1n) is 6.59. The van der Waals surface area contributed by atoms with Crippen LogP contribution < -0.4 is 0 Å². The fraction of sp³-hybridized carbons (Fsp3) is 0.600. The van der Waals surface area contributed by atoms with Gasteiger partial charge in [0.05, 0.1) is 12.3 Å². The van der Waals surface area contributed by atoms with Crippen LogP contribution in [0.25, 0.3) is 0 Å². The number of amides is 1. The highest BCUT2D eigenvalue weighted by Gasteiger charge is 2.27. The Morgan fingerprint density at radius 2 is 2.11 bits per heavy atom. The summed E-state index contributed by atoms with van der Waals surface area (Å²) in [5.41, 5.74) is 2.37. The van der Waals surface area contributed by atoms with E-state index in [-0.39, 0.29) is 6.09 Å². The Morgan fingerprint density at radius 3 is 2.58 bits per heavy atom. The van der Waals surface area contributed by atoms with Gasteiger partial charge in [0.15, 0.2) is 0 Å². The Kier molecular flexibility index (Phi) is 4.92. The van der Waals surface area contributed by atoms with E-state index in [0.717, 1.165) is 17.8 Å². The SMILES string of the molecule is C=C(C)N=C1CN(C(=O)OC(C)(C)C)CC/C1=C/C. The summed E-state index contributed by atoms with van der Waals surface area (Å²) in [5, 5.41) is 0. The Hall–Kier alpha value is -1.58. The number of ether oxygens (including phenoxy) is 1. The highest BCUT2D eigenvalue weighted by molar-refractivity contribution is 6.04. The Labute approximate surface area is 115 Å². The molecule has 1 fully saturated rings. The second-order valence-corrected chi connectivity index (χ2v) is 5.76. The third-order valence-electron chi connectivity index (χ3n) is 2.69. The molecule has 0 aromatic heterocycles. The first kappa shape index (κ1) is 15.5. The summed E-state index contributed by atoms with van der Waals surface area (Å²) in [6.45, 7) is 14.4. The summed E-state index contributed by atoms with van der Waals surface area (Å²) < 4.78 is 5.39. The average molecular weight is 264 g/mol. The van der Waals surface area contributed by atoms with Crippen molar-refractivity contribution in [1.29, 1.82) is 0 Å². The van der Waals surface area contributed by atoms with Crippen molar-refractivity contribution in [3.8, 4) is 0 Å². The first-order chi connectivity index (χ1) is 8.73. The van der Waals surface area contributed by atoms with Crippen LogP contribution in [0, 0.1) is 0 Å². The molecule has 1 aliphatic heterocycles. The van der Waals surface area contributed by atoms with Crippen molar-refractivity contribution < 1.29 is 9.53 Å². The second kappa shape index (κ2) is 6.04. The molecule has 1 saturated heterocycles. The molecule has 0 saturated carbocycles. The van der Waals surface area contributed by atoms with Crippen LogP contribution in [0.4, 0.5) is 4.79 Å². The molecule has 1 aliphatic rings. The number of rotatable bonds is 1. The largest absolute Gasteiger partial charge is 0.444 e. The molecule has 0 bridgehead atoms. The molecule has 1 heterocycles. The van der Waals surface area contributed by atoms with Gasteiger partial charge < -0.3 is 9.64 Å². The van der Waals surface area contributed by atoms with Crippen molar-refractivity contribution in [3.63, 3.8) is 0 Å². The minimum atomic E-state index is -0.469. The van der Waals surface area contributed by atoms with Gasteiger partial charge in [0.25, 0.3) is 0 Å². The number of hydrogen-bond acceptors (Lipinski definition) is 3. The number of aliphatic imine (C=N–C) groups is 1. The molecule has 0 spiro atoms. The summed E-state index contributed by atoms with van der Waals surface area (Å²) >= 11 is 0. The van der Waals surface area contributed by atoms with Crippen molar-refractivity contribution in [2.45, 2.75) is 46.6 Å². The van der Waals surface area contributed by atoms with Crippen LogP contribution in [0.5, 0.6) is 0 Å². The zero-order chi connectivity index (χ0) is 14.6. The number of carbonyl (C=O) groups excluding carboxylic acids is 1. The summed E-state index contributed by atoms with van der Waals surface area (Å²) in [5.74, 6) is 0. The quantitative estimate of drug-likeness (QED) is 0.726. The molecule has 0 N–H and O–H groups in total. The maximum absolute atomic E-state index is 12.0. The van der Waals surface area contributed by atoms with Crippen LogP contribution in [0.3, 0.4) is 0 Å². The molecule has 1 rings (SSSR count). The van der Waals surface area contributed by atoms with Gasteiger partial charge in [0.1, 0.15) is 5.60 Å². The lowest BCUT2D eigenvalue weighted by molar-refractivity contribution is 0.0274. The maximum atomic E-state index is 12.0. The van der Waals surface area contributed by atoms with Crippen LogP contribution in [0.1, 0.15) is 41.0 Å². The third-order valence-corrected chi connectivity index (χ3v) is 2.69. The van der Waals surface area contributed by atoms with Gasteiger partial charge in [0.2, 0.25) is 0 Å². The summed E-state index contributed by atoms with van der Waals surface area (Å²) in [4.78, 5) is 18.2. The summed E-state index contributed by atoms with van der Waals surface area (Å²) in [6.07, 6.45) is 2.58. The number of hydrogen-bond donors (Lipinski definition) is 0. The van der Waals surface area contributed by atoms with E-state index in [1.807, 2.05) is 40.7 Å². The lowest BCUT2D eigenvalue weighted by Gasteiger charge is -2.31. The minimum absolute atomic E-state index is 0.280. The molecule has 4 heteroatoms. The number of carbonyl (C=O) groups is 1.